The fourth-order valence-corrected chi connectivity index (χ4v) is 1.13. The van der Waals surface area contributed by atoms with E-state index in [0.29, 0.717) is 18.2 Å². The van der Waals surface area contributed by atoms with Gasteiger partial charge in [-0.3, -0.25) is 9.48 Å². The van der Waals surface area contributed by atoms with Crippen molar-refractivity contribution in [3.8, 4) is 0 Å². The first-order valence-corrected chi connectivity index (χ1v) is 5.04. The Morgan fingerprint density at radius 1 is 1.67 bits per heavy atom. The van der Waals surface area contributed by atoms with E-state index in [0.717, 1.165) is 0 Å². The highest BCUT2D eigenvalue weighted by molar-refractivity contribution is 5.90. The third kappa shape index (κ3) is 3.71. The van der Waals surface area contributed by atoms with Crippen molar-refractivity contribution in [1.29, 1.82) is 0 Å². The molecule has 1 unspecified atom stereocenters. The van der Waals surface area contributed by atoms with Crippen molar-refractivity contribution in [2.24, 2.45) is 18.7 Å². The van der Waals surface area contributed by atoms with Crippen LogP contribution in [0, 0.1) is 5.92 Å². The lowest BCUT2D eigenvalue weighted by Gasteiger charge is -2.14. The first-order valence-electron chi connectivity index (χ1n) is 5.04. The molecule has 1 amide bonds. The van der Waals surface area contributed by atoms with Crippen LogP contribution >= 0.6 is 0 Å². The van der Waals surface area contributed by atoms with E-state index >= 15 is 0 Å². The Morgan fingerprint density at radius 2 is 2.33 bits per heavy atom. The van der Waals surface area contributed by atoms with Gasteiger partial charge in [-0.15, -0.1) is 0 Å². The molecule has 0 aliphatic heterocycles. The molecular weight excluding hydrogens is 192 g/mol. The number of aryl methyl sites for hydroxylation is 1. The van der Waals surface area contributed by atoms with Crippen LogP contribution in [0.15, 0.2) is 12.3 Å². The minimum atomic E-state index is -0.103. The summed E-state index contributed by atoms with van der Waals surface area (Å²) in [6.45, 7) is 4.00. The fourth-order valence-electron chi connectivity index (χ4n) is 1.13. The van der Waals surface area contributed by atoms with Crippen LogP contribution in [0.25, 0.3) is 0 Å². The monoisotopic (exact) mass is 210 g/mol. The molecule has 0 spiro atoms. The van der Waals surface area contributed by atoms with Gasteiger partial charge < -0.3 is 11.1 Å². The maximum absolute atomic E-state index is 11.5. The highest BCUT2D eigenvalue weighted by Gasteiger charge is 2.13. The molecule has 84 valence electrons. The lowest BCUT2D eigenvalue weighted by atomic mass is 10.0. The summed E-state index contributed by atoms with van der Waals surface area (Å²) in [4.78, 5) is 11.5. The predicted octanol–water partition coefficient (Wildman–Crippen LogP) is 0.732. The van der Waals surface area contributed by atoms with Gasteiger partial charge in [0, 0.05) is 31.8 Å². The zero-order valence-corrected chi connectivity index (χ0v) is 9.40. The number of amides is 1. The maximum atomic E-state index is 11.5. The van der Waals surface area contributed by atoms with E-state index in [1.54, 1.807) is 24.0 Å². The summed E-state index contributed by atoms with van der Waals surface area (Å²) in [7, 11) is 1.80. The Balaban J connectivity index is 2.43. The van der Waals surface area contributed by atoms with Crippen molar-refractivity contribution in [2.45, 2.75) is 26.3 Å². The average molecular weight is 210 g/mol. The van der Waals surface area contributed by atoms with Crippen LogP contribution in [0.2, 0.25) is 0 Å². The van der Waals surface area contributed by atoms with E-state index < -0.39 is 0 Å². The first-order chi connectivity index (χ1) is 6.99. The fraction of sp³-hybridized carbons (Fsp3) is 0.600. The molecule has 0 radical (unpaired) electrons. The summed E-state index contributed by atoms with van der Waals surface area (Å²) in [6, 6.07) is 1.65. The van der Waals surface area contributed by atoms with Crippen molar-refractivity contribution in [1.82, 2.24) is 9.78 Å². The molecule has 0 saturated carbocycles. The minimum Gasteiger partial charge on any atom is -0.327 e. The highest BCUT2D eigenvalue weighted by atomic mass is 16.1. The summed E-state index contributed by atoms with van der Waals surface area (Å²) in [5.41, 5.74) is 5.79. The van der Waals surface area contributed by atoms with Crippen LogP contribution < -0.4 is 11.1 Å². The first kappa shape index (κ1) is 11.7. The SMILES string of the molecule is CC(C)C(N)CC(=O)Nc1ccn(C)n1. The number of nitrogens with zero attached hydrogens (tertiary/aromatic N) is 2. The molecule has 1 aromatic heterocycles. The van der Waals surface area contributed by atoms with Gasteiger partial charge in [0.1, 0.15) is 0 Å². The molecule has 0 aliphatic rings. The number of carbonyl (C=O) groups excluding carboxylic acids is 1. The number of nitrogens with two attached hydrogens (primary N) is 1. The highest BCUT2D eigenvalue weighted by Crippen LogP contribution is 2.06. The molecule has 5 heteroatoms. The molecule has 3 N–H and O–H groups in total. The second-order valence-electron chi connectivity index (χ2n) is 4.03. The van der Waals surface area contributed by atoms with Crippen molar-refractivity contribution < 1.29 is 4.79 Å². The van der Waals surface area contributed by atoms with E-state index in [-0.39, 0.29) is 11.9 Å². The number of hydrogen-bond donors (Lipinski definition) is 2. The lowest BCUT2D eigenvalue weighted by Crippen LogP contribution is -2.31. The van der Waals surface area contributed by atoms with Crippen LogP contribution in [0.5, 0.6) is 0 Å². The number of nitrogens with one attached hydrogen (secondary N) is 1. The van der Waals surface area contributed by atoms with Crippen molar-refractivity contribution >= 4 is 11.7 Å². The third-order valence-electron chi connectivity index (χ3n) is 2.26. The van der Waals surface area contributed by atoms with E-state index in [1.165, 1.54) is 0 Å². The van der Waals surface area contributed by atoms with Gasteiger partial charge >= 0.3 is 0 Å². The molecule has 5 nitrogen and oxygen atoms in total. The van der Waals surface area contributed by atoms with E-state index in [9.17, 15) is 4.79 Å². The van der Waals surface area contributed by atoms with Crippen LogP contribution in [-0.2, 0) is 11.8 Å². The average Bonchev–Trinajstić information content (AvgIpc) is 2.50. The van der Waals surface area contributed by atoms with Crippen molar-refractivity contribution in [2.75, 3.05) is 5.32 Å². The number of hydrogen-bond acceptors (Lipinski definition) is 3. The van der Waals surface area contributed by atoms with Gasteiger partial charge in [-0.05, 0) is 5.92 Å². The molecule has 1 atom stereocenters. The Morgan fingerprint density at radius 3 is 2.80 bits per heavy atom. The second kappa shape index (κ2) is 4.93. The van der Waals surface area contributed by atoms with Crippen LogP contribution in [-0.4, -0.2) is 21.7 Å². The van der Waals surface area contributed by atoms with Gasteiger partial charge in [-0.1, -0.05) is 13.8 Å². The predicted molar refractivity (Wildman–Crippen MR) is 59.3 cm³/mol. The van der Waals surface area contributed by atoms with Crippen molar-refractivity contribution in [3.63, 3.8) is 0 Å². The molecule has 1 rings (SSSR count). The third-order valence-corrected chi connectivity index (χ3v) is 2.26. The maximum Gasteiger partial charge on any atom is 0.227 e. The van der Waals surface area contributed by atoms with E-state index in [2.05, 4.69) is 10.4 Å². The summed E-state index contributed by atoms with van der Waals surface area (Å²) in [5.74, 6) is 0.785. The summed E-state index contributed by atoms with van der Waals surface area (Å²) >= 11 is 0. The lowest BCUT2D eigenvalue weighted by molar-refractivity contribution is -0.116. The quantitative estimate of drug-likeness (QED) is 0.769. The van der Waals surface area contributed by atoms with Crippen LogP contribution in [0.1, 0.15) is 20.3 Å². The summed E-state index contributed by atoms with van der Waals surface area (Å²) in [6.07, 6.45) is 2.10. The van der Waals surface area contributed by atoms with E-state index in [1.807, 2.05) is 13.8 Å². The molecular formula is C10H18N4O. The Labute approximate surface area is 89.6 Å². The number of rotatable bonds is 4. The molecule has 1 aromatic rings. The van der Waals surface area contributed by atoms with Gasteiger partial charge in [0.25, 0.3) is 0 Å². The zero-order valence-electron chi connectivity index (χ0n) is 9.40. The zero-order chi connectivity index (χ0) is 11.4. The molecule has 15 heavy (non-hydrogen) atoms. The van der Waals surface area contributed by atoms with Gasteiger partial charge in [-0.2, -0.15) is 5.10 Å². The van der Waals surface area contributed by atoms with Gasteiger partial charge in [-0.25, -0.2) is 0 Å². The molecule has 0 saturated heterocycles. The second-order valence-corrected chi connectivity index (χ2v) is 4.03. The Kier molecular flexibility index (Phi) is 3.85. The largest absolute Gasteiger partial charge is 0.327 e. The molecule has 1 heterocycles. The molecule has 0 bridgehead atoms. The van der Waals surface area contributed by atoms with Gasteiger partial charge in [0.2, 0.25) is 5.91 Å². The summed E-state index contributed by atoms with van der Waals surface area (Å²) in [5, 5.41) is 6.74. The standard InChI is InChI=1S/C10H18N4O/c1-7(2)8(11)6-10(15)12-9-4-5-14(3)13-9/h4-5,7-8H,6,11H2,1-3H3,(H,12,13,15). The number of carbonyl (C=O) groups is 1. The van der Waals surface area contributed by atoms with Crippen LogP contribution in [0.4, 0.5) is 5.82 Å². The van der Waals surface area contributed by atoms with Crippen LogP contribution in [0.3, 0.4) is 0 Å². The van der Waals surface area contributed by atoms with Gasteiger partial charge in [0.15, 0.2) is 5.82 Å². The van der Waals surface area contributed by atoms with E-state index in [4.69, 9.17) is 5.73 Å². The Bertz CT molecular complexity index is 332. The molecule has 0 fully saturated rings. The van der Waals surface area contributed by atoms with Gasteiger partial charge in [0.05, 0.1) is 0 Å². The minimum absolute atomic E-state index is 0.0881. The number of anilines is 1. The molecule has 0 aliphatic carbocycles. The normalized spacial score (nSPS) is 12.9. The number of aromatic nitrogens is 2. The van der Waals surface area contributed by atoms with Crippen molar-refractivity contribution in [3.05, 3.63) is 12.3 Å². The Hall–Kier alpha value is -1.36. The topological polar surface area (TPSA) is 72.9 Å². The summed E-state index contributed by atoms with van der Waals surface area (Å²) < 4.78 is 1.64. The molecule has 0 aromatic carbocycles. The smallest absolute Gasteiger partial charge is 0.227 e.